The van der Waals surface area contributed by atoms with E-state index in [9.17, 15) is 4.79 Å². The van der Waals surface area contributed by atoms with Crippen LogP contribution in [0.3, 0.4) is 0 Å². The zero-order valence-corrected chi connectivity index (χ0v) is 14.4. The Kier molecular flexibility index (Phi) is 2.77. The zero-order chi connectivity index (χ0) is 15.8. The molecule has 122 valence electrons. The number of fused-ring (bicyclic) bond motifs is 1. The first-order valence-electron chi connectivity index (χ1n) is 8.67. The molecule has 6 rings (SSSR count). The maximum absolute atomic E-state index is 13.0. The Morgan fingerprint density at radius 2 is 1.74 bits per heavy atom. The van der Waals surface area contributed by atoms with Gasteiger partial charge in [0.2, 0.25) is 4.96 Å². The van der Waals surface area contributed by atoms with Crippen LogP contribution in [0.15, 0.2) is 0 Å². The lowest BCUT2D eigenvalue weighted by molar-refractivity contribution is -0.0166. The van der Waals surface area contributed by atoms with Gasteiger partial charge in [-0.2, -0.15) is 0 Å². The lowest BCUT2D eigenvalue weighted by Gasteiger charge is -2.56. The van der Waals surface area contributed by atoms with Crippen LogP contribution in [-0.4, -0.2) is 26.0 Å². The first-order valence-corrected chi connectivity index (χ1v) is 9.48. The van der Waals surface area contributed by atoms with Gasteiger partial charge in [-0.3, -0.25) is 9.20 Å². The summed E-state index contributed by atoms with van der Waals surface area (Å²) < 4.78 is 1.99. The average molecular weight is 330 g/mol. The number of hydrogen-bond acceptors (Lipinski definition) is 4. The van der Waals surface area contributed by atoms with Gasteiger partial charge in [0.15, 0.2) is 0 Å². The van der Waals surface area contributed by atoms with E-state index >= 15 is 0 Å². The second kappa shape index (κ2) is 4.56. The first-order chi connectivity index (χ1) is 11.0. The van der Waals surface area contributed by atoms with Gasteiger partial charge < -0.3 is 5.32 Å². The summed E-state index contributed by atoms with van der Waals surface area (Å²) in [5, 5.41) is 11.7. The zero-order valence-electron chi connectivity index (χ0n) is 13.6. The molecule has 2 aromatic rings. The molecule has 1 N–H and O–H groups in total. The molecule has 2 aromatic heterocycles. The number of nitrogens with one attached hydrogen (secondary N) is 1. The number of carbonyl (C=O) groups is 1. The minimum atomic E-state index is 0.0671. The van der Waals surface area contributed by atoms with Crippen LogP contribution < -0.4 is 5.32 Å². The van der Waals surface area contributed by atoms with Crippen molar-refractivity contribution in [3.63, 3.8) is 0 Å². The van der Waals surface area contributed by atoms with Crippen LogP contribution in [-0.2, 0) is 0 Å². The van der Waals surface area contributed by atoms with Crippen molar-refractivity contribution in [3.05, 3.63) is 16.4 Å². The Labute approximate surface area is 139 Å². The molecule has 0 saturated heterocycles. The summed E-state index contributed by atoms with van der Waals surface area (Å²) >= 11 is 1.46. The molecule has 4 saturated carbocycles. The normalized spacial score (nSPS) is 35.1. The lowest BCUT2D eigenvalue weighted by Crippen LogP contribution is -2.59. The number of thiazole rings is 1. The third-order valence-corrected chi connectivity index (χ3v) is 7.41. The molecule has 0 atom stereocenters. The molecule has 5 nitrogen and oxygen atoms in total. The lowest BCUT2D eigenvalue weighted by atomic mass is 9.53. The fourth-order valence-electron chi connectivity index (χ4n) is 5.83. The number of aryl methyl sites for hydroxylation is 2. The highest BCUT2D eigenvalue weighted by Crippen LogP contribution is 2.55. The second-order valence-electron chi connectivity index (χ2n) is 8.03. The van der Waals surface area contributed by atoms with E-state index in [1.165, 1.54) is 49.9 Å². The Balaban J connectivity index is 1.45. The minimum absolute atomic E-state index is 0.0671. The average Bonchev–Trinajstić information content (AvgIpc) is 2.98. The van der Waals surface area contributed by atoms with E-state index in [-0.39, 0.29) is 11.4 Å². The highest BCUT2D eigenvalue weighted by atomic mass is 32.1. The molecule has 4 fully saturated rings. The monoisotopic (exact) mass is 330 g/mol. The quantitative estimate of drug-likeness (QED) is 0.920. The largest absolute Gasteiger partial charge is 0.346 e. The van der Waals surface area contributed by atoms with E-state index in [2.05, 4.69) is 15.5 Å². The van der Waals surface area contributed by atoms with Crippen molar-refractivity contribution in [2.45, 2.75) is 57.9 Å². The predicted octanol–water partition coefficient (Wildman–Crippen LogP) is 3.11. The molecule has 0 spiro atoms. The highest BCUT2D eigenvalue weighted by molar-refractivity contribution is 7.19. The fraction of sp³-hybridized carbons (Fsp3) is 0.706. The number of amides is 1. The fourth-order valence-corrected chi connectivity index (χ4v) is 6.84. The van der Waals surface area contributed by atoms with E-state index in [0.29, 0.717) is 0 Å². The van der Waals surface area contributed by atoms with E-state index < -0.39 is 0 Å². The van der Waals surface area contributed by atoms with Gasteiger partial charge in [0.1, 0.15) is 10.7 Å². The molecule has 0 unspecified atom stereocenters. The van der Waals surface area contributed by atoms with Crippen LogP contribution in [0.1, 0.15) is 59.7 Å². The van der Waals surface area contributed by atoms with Crippen molar-refractivity contribution in [3.8, 4) is 0 Å². The van der Waals surface area contributed by atoms with E-state index in [4.69, 9.17) is 0 Å². The van der Waals surface area contributed by atoms with Crippen LogP contribution in [0, 0.1) is 31.6 Å². The summed E-state index contributed by atoms with van der Waals surface area (Å²) in [5.41, 5.74) is 1.03. The molecule has 4 aliphatic rings. The third kappa shape index (κ3) is 2.00. The molecular formula is C17H22N4OS. The van der Waals surface area contributed by atoms with E-state index in [1.807, 2.05) is 18.2 Å². The van der Waals surface area contributed by atoms with Gasteiger partial charge in [-0.05, 0) is 70.1 Å². The summed E-state index contributed by atoms with van der Waals surface area (Å²) in [6, 6.07) is 0. The van der Waals surface area contributed by atoms with Gasteiger partial charge in [-0.25, -0.2) is 0 Å². The van der Waals surface area contributed by atoms with Crippen molar-refractivity contribution in [1.82, 2.24) is 19.9 Å². The summed E-state index contributed by atoms with van der Waals surface area (Å²) in [6.45, 7) is 3.93. The van der Waals surface area contributed by atoms with Gasteiger partial charge in [0, 0.05) is 11.2 Å². The Bertz CT molecular complexity index is 770. The number of carbonyl (C=O) groups excluding carboxylic acids is 1. The number of aromatic nitrogens is 3. The third-order valence-electron chi connectivity index (χ3n) is 6.28. The smallest absolute Gasteiger partial charge is 0.263 e. The molecular weight excluding hydrogens is 308 g/mol. The van der Waals surface area contributed by atoms with Gasteiger partial charge in [-0.1, -0.05) is 11.3 Å². The SMILES string of the molecule is Cc1nnc2sc(C(=O)NC34CC5CC(CC(C5)C3)C4)c(C)n12. The van der Waals surface area contributed by atoms with Crippen molar-refractivity contribution in [2.75, 3.05) is 0 Å². The maximum Gasteiger partial charge on any atom is 0.263 e. The molecule has 0 radical (unpaired) electrons. The van der Waals surface area contributed by atoms with Gasteiger partial charge >= 0.3 is 0 Å². The molecule has 2 heterocycles. The summed E-state index contributed by atoms with van der Waals surface area (Å²) in [7, 11) is 0. The van der Waals surface area contributed by atoms with Crippen LogP contribution in [0.2, 0.25) is 0 Å². The van der Waals surface area contributed by atoms with E-state index in [0.717, 1.165) is 39.1 Å². The maximum atomic E-state index is 13.0. The molecule has 0 aromatic carbocycles. The Morgan fingerprint density at radius 3 is 2.30 bits per heavy atom. The number of rotatable bonds is 2. The van der Waals surface area contributed by atoms with Crippen LogP contribution in [0.4, 0.5) is 0 Å². The molecule has 1 amide bonds. The van der Waals surface area contributed by atoms with Crippen molar-refractivity contribution in [2.24, 2.45) is 17.8 Å². The van der Waals surface area contributed by atoms with Crippen LogP contribution in [0.25, 0.3) is 4.96 Å². The molecule has 6 heteroatoms. The molecule has 4 aliphatic carbocycles. The first kappa shape index (κ1) is 14.0. The summed E-state index contributed by atoms with van der Waals surface area (Å²) in [5.74, 6) is 3.47. The second-order valence-corrected chi connectivity index (χ2v) is 9.01. The van der Waals surface area contributed by atoms with Gasteiger partial charge in [0.05, 0.1) is 0 Å². The minimum Gasteiger partial charge on any atom is -0.346 e. The highest BCUT2D eigenvalue weighted by Gasteiger charge is 2.51. The van der Waals surface area contributed by atoms with Gasteiger partial charge in [-0.15, -0.1) is 10.2 Å². The number of nitrogens with zero attached hydrogens (tertiary/aromatic N) is 3. The van der Waals surface area contributed by atoms with Gasteiger partial charge in [0.25, 0.3) is 5.91 Å². The summed E-state index contributed by atoms with van der Waals surface area (Å²) in [6.07, 6.45) is 7.75. The standard InChI is InChI=1S/C17H22N4OS/c1-9-14(23-16-20-19-10(2)21(9)16)15(22)18-17-6-11-3-12(7-17)5-13(4-11)8-17/h11-13H,3-8H2,1-2H3,(H,18,22). The van der Waals surface area contributed by atoms with Crippen LogP contribution in [0.5, 0.6) is 0 Å². The topological polar surface area (TPSA) is 59.3 Å². The van der Waals surface area contributed by atoms with Crippen molar-refractivity contribution >= 4 is 22.2 Å². The molecule has 4 bridgehead atoms. The van der Waals surface area contributed by atoms with Crippen molar-refractivity contribution < 1.29 is 4.79 Å². The Morgan fingerprint density at radius 1 is 1.13 bits per heavy atom. The molecule has 23 heavy (non-hydrogen) atoms. The Hall–Kier alpha value is -1.43. The number of hydrogen-bond donors (Lipinski definition) is 1. The predicted molar refractivity (Wildman–Crippen MR) is 88.7 cm³/mol. The summed E-state index contributed by atoms with van der Waals surface area (Å²) in [4.78, 5) is 14.6. The van der Waals surface area contributed by atoms with Crippen molar-refractivity contribution in [1.29, 1.82) is 0 Å². The van der Waals surface area contributed by atoms with E-state index in [1.54, 1.807) is 0 Å². The molecule has 0 aliphatic heterocycles. The van der Waals surface area contributed by atoms with Crippen LogP contribution >= 0.6 is 11.3 Å².